The topological polar surface area (TPSA) is 71.7 Å². The van der Waals surface area contributed by atoms with Crippen molar-refractivity contribution in [1.29, 1.82) is 0 Å². The molecule has 0 aliphatic heterocycles. The van der Waals surface area contributed by atoms with E-state index in [-0.39, 0.29) is 0 Å². The van der Waals surface area contributed by atoms with Crippen molar-refractivity contribution in [2.75, 3.05) is 5.32 Å². The molecular weight excluding hydrogens is 290 g/mol. The largest absolute Gasteiger partial charge is 0.338 e. The highest BCUT2D eigenvalue weighted by molar-refractivity contribution is 5.79. The maximum atomic E-state index is 10.9. The number of hydrogen-bond acceptors (Lipinski definition) is 5. The molecule has 1 aromatic carbocycles. The summed E-state index contributed by atoms with van der Waals surface area (Å²) in [4.78, 5) is 15.3. The van der Waals surface area contributed by atoms with Gasteiger partial charge in [-0.05, 0) is 61.2 Å². The van der Waals surface area contributed by atoms with Crippen LogP contribution in [0.25, 0.3) is 5.52 Å². The molecule has 118 valence electrons. The van der Waals surface area contributed by atoms with E-state index in [1.54, 1.807) is 6.07 Å². The molecule has 0 unspecified atom stereocenters. The fraction of sp³-hybridized carbons (Fsp3) is 0.294. The third-order valence-corrected chi connectivity index (χ3v) is 4.28. The second kappa shape index (κ2) is 5.79. The number of hydrogen-bond donors (Lipinski definition) is 1. The summed E-state index contributed by atoms with van der Waals surface area (Å²) in [7, 11) is 0. The summed E-state index contributed by atoms with van der Waals surface area (Å²) >= 11 is 0. The molecular formula is C17H19N5O. The third kappa shape index (κ3) is 2.46. The number of nitroso groups, excluding NO2 is 1. The monoisotopic (exact) mass is 309 g/mol. The first-order valence-corrected chi connectivity index (χ1v) is 7.59. The molecule has 1 N–H and O–H groups in total. The lowest BCUT2D eigenvalue weighted by atomic mass is 10.1. The van der Waals surface area contributed by atoms with Gasteiger partial charge in [0.15, 0.2) is 5.82 Å². The summed E-state index contributed by atoms with van der Waals surface area (Å²) in [6, 6.07) is 5.51. The van der Waals surface area contributed by atoms with Crippen molar-refractivity contribution in [1.82, 2.24) is 14.6 Å². The molecule has 6 nitrogen and oxygen atoms in total. The van der Waals surface area contributed by atoms with Gasteiger partial charge in [0.05, 0.1) is 0 Å². The first-order valence-electron chi connectivity index (χ1n) is 7.59. The molecule has 0 amide bonds. The molecule has 0 saturated carbocycles. The number of nitrogens with one attached hydrogen (secondary N) is 1. The van der Waals surface area contributed by atoms with E-state index in [2.05, 4.69) is 41.3 Å². The Morgan fingerprint density at radius 1 is 1.26 bits per heavy atom. The van der Waals surface area contributed by atoms with E-state index in [0.717, 1.165) is 34.7 Å². The summed E-state index contributed by atoms with van der Waals surface area (Å²) in [5.41, 5.74) is 6.61. The van der Waals surface area contributed by atoms with Crippen LogP contribution < -0.4 is 5.32 Å². The fourth-order valence-electron chi connectivity index (χ4n) is 3.02. The lowest BCUT2D eigenvalue weighted by Gasteiger charge is -2.09. The molecule has 3 rings (SSSR count). The van der Waals surface area contributed by atoms with E-state index >= 15 is 0 Å². The molecule has 23 heavy (non-hydrogen) atoms. The average molecular weight is 309 g/mol. The number of nitrogens with zero attached hydrogens (tertiary/aromatic N) is 4. The van der Waals surface area contributed by atoms with Crippen LogP contribution in [0.15, 0.2) is 29.7 Å². The van der Waals surface area contributed by atoms with Crippen LogP contribution >= 0.6 is 0 Å². The second-order valence-electron chi connectivity index (χ2n) is 5.63. The SMILES string of the molecule is CCc1c(C)c2c(Nc3ccc(C)c(N=O)c3)ncnn2c1C. The van der Waals surface area contributed by atoms with Crippen LogP contribution in [0.5, 0.6) is 0 Å². The van der Waals surface area contributed by atoms with E-state index in [9.17, 15) is 4.91 Å². The molecule has 0 aliphatic carbocycles. The summed E-state index contributed by atoms with van der Waals surface area (Å²) in [6.45, 7) is 8.15. The van der Waals surface area contributed by atoms with Crippen molar-refractivity contribution in [3.63, 3.8) is 0 Å². The first kappa shape index (κ1) is 15.1. The summed E-state index contributed by atoms with van der Waals surface area (Å²) in [5, 5.41) is 10.7. The zero-order chi connectivity index (χ0) is 16.6. The summed E-state index contributed by atoms with van der Waals surface area (Å²) in [5.74, 6) is 0.723. The number of anilines is 2. The first-order chi connectivity index (χ1) is 11.1. The lowest BCUT2D eigenvalue weighted by molar-refractivity contribution is 0.864. The standard InChI is InChI=1S/C17H19N5O/c1-5-14-11(3)16-17(18-9-19-22(16)12(14)4)20-13-7-6-10(2)15(8-13)21-23/h6-9H,5H2,1-4H3,(H,18,19,20). The predicted octanol–water partition coefficient (Wildman–Crippen LogP) is 4.36. The highest BCUT2D eigenvalue weighted by atomic mass is 16.3. The predicted molar refractivity (Wildman–Crippen MR) is 91.8 cm³/mol. The molecule has 0 radical (unpaired) electrons. The van der Waals surface area contributed by atoms with Crippen LogP contribution in [-0.2, 0) is 6.42 Å². The molecule has 0 bridgehead atoms. The van der Waals surface area contributed by atoms with Crippen LogP contribution in [0, 0.1) is 25.7 Å². The second-order valence-corrected chi connectivity index (χ2v) is 5.63. The molecule has 0 fully saturated rings. The molecule has 2 aromatic heterocycles. The van der Waals surface area contributed by atoms with Crippen LogP contribution in [0.1, 0.15) is 29.3 Å². The van der Waals surface area contributed by atoms with Crippen LogP contribution in [0.4, 0.5) is 17.2 Å². The van der Waals surface area contributed by atoms with E-state index in [1.165, 1.54) is 17.5 Å². The molecule has 0 atom stereocenters. The Balaban J connectivity index is 2.12. The van der Waals surface area contributed by atoms with Crippen LogP contribution in [-0.4, -0.2) is 14.6 Å². The van der Waals surface area contributed by atoms with Crippen molar-refractivity contribution >= 4 is 22.7 Å². The highest BCUT2D eigenvalue weighted by Gasteiger charge is 2.16. The zero-order valence-electron chi connectivity index (χ0n) is 13.7. The van der Waals surface area contributed by atoms with Gasteiger partial charge in [-0.15, -0.1) is 4.91 Å². The van der Waals surface area contributed by atoms with E-state index in [4.69, 9.17) is 0 Å². The van der Waals surface area contributed by atoms with Crippen molar-refractivity contribution in [2.24, 2.45) is 5.18 Å². The summed E-state index contributed by atoms with van der Waals surface area (Å²) < 4.78 is 1.91. The van der Waals surface area contributed by atoms with Crippen molar-refractivity contribution in [3.8, 4) is 0 Å². The lowest BCUT2D eigenvalue weighted by Crippen LogP contribution is -2.01. The maximum Gasteiger partial charge on any atom is 0.158 e. The van der Waals surface area contributed by atoms with Gasteiger partial charge >= 0.3 is 0 Å². The number of fused-ring (bicyclic) bond motifs is 1. The average Bonchev–Trinajstić information content (AvgIpc) is 2.81. The minimum atomic E-state index is 0.428. The Hall–Kier alpha value is -2.76. The molecule has 3 aromatic rings. The van der Waals surface area contributed by atoms with Crippen molar-refractivity contribution < 1.29 is 0 Å². The molecule has 0 spiro atoms. The molecule has 0 saturated heterocycles. The maximum absolute atomic E-state index is 10.9. The number of rotatable bonds is 4. The van der Waals surface area contributed by atoms with Gasteiger partial charge in [0, 0.05) is 11.4 Å². The summed E-state index contributed by atoms with van der Waals surface area (Å²) in [6.07, 6.45) is 2.48. The molecule has 2 heterocycles. The van der Waals surface area contributed by atoms with Crippen LogP contribution in [0.2, 0.25) is 0 Å². The van der Waals surface area contributed by atoms with Crippen molar-refractivity contribution in [2.45, 2.75) is 34.1 Å². The van der Waals surface area contributed by atoms with Gasteiger partial charge in [-0.25, -0.2) is 9.50 Å². The van der Waals surface area contributed by atoms with E-state index in [0.29, 0.717) is 5.69 Å². The quantitative estimate of drug-likeness (QED) is 0.727. The van der Waals surface area contributed by atoms with Gasteiger partial charge < -0.3 is 5.32 Å². The van der Waals surface area contributed by atoms with E-state index < -0.39 is 0 Å². The Kier molecular flexibility index (Phi) is 3.82. The number of aromatic nitrogens is 3. The number of benzene rings is 1. The Labute approximate surface area is 134 Å². The molecule has 0 aliphatic rings. The van der Waals surface area contributed by atoms with Gasteiger partial charge in [-0.1, -0.05) is 13.0 Å². The zero-order valence-corrected chi connectivity index (χ0v) is 13.7. The highest BCUT2D eigenvalue weighted by Crippen LogP contribution is 2.30. The Bertz CT molecular complexity index is 898. The van der Waals surface area contributed by atoms with E-state index in [1.807, 2.05) is 23.6 Å². The van der Waals surface area contributed by atoms with Gasteiger partial charge in [0.1, 0.15) is 17.5 Å². The van der Waals surface area contributed by atoms with Gasteiger partial charge in [-0.3, -0.25) is 0 Å². The van der Waals surface area contributed by atoms with Crippen LogP contribution in [0.3, 0.4) is 0 Å². The normalized spacial score (nSPS) is 11.0. The third-order valence-electron chi connectivity index (χ3n) is 4.28. The Morgan fingerprint density at radius 3 is 2.74 bits per heavy atom. The van der Waals surface area contributed by atoms with Gasteiger partial charge in [0.25, 0.3) is 0 Å². The number of aryl methyl sites for hydroxylation is 3. The van der Waals surface area contributed by atoms with Gasteiger partial charge in [0.2, 0.25) is 0 Å². The van der Waals surface area contributed by atoms with Gasteiger partial charge in [-0.2, -0.15) is 5.10 Å². The fourth-order valence-corrected chi connectivity index (χ4v) is 3.02. The van der Waals surface area contributed by atoms with Crippen molar-refractivity contribution in [3.05, 3.63) is 51.8 Å². The Morgan fingerprint density at radius 2 is 2.04 bits per heavy atom. The smallest absolute Gasteiger partial charge is 0.158 e. The minimum absolute atomic E-state index is 0.428. The minimum Gasteiger partial charge on any atom is -0.338 e. The molecule has 6 heteroatoms.